The summed E-state index contributed by atoms with van der Waals surface area (Å²) in [7, 11) is 1.46. The fraction of sp³-hybridized carbons (Fsp3) is 0.800. The van der Waals surface area contributed by atoms with E-state index < -0.39 is 11.9 Å². The SMILES string of the molecule is C/C=C\C(=N/O)NC(=O)C(C)CC.CC1CCC(COC(=O)OCC(C)(C)C)O1.COC(C)(C)O. The molecule has 3 atom stereocenters. The van der Waals surface area contributed by atoms with Crippen LogP contribution in [0.25, 0.3) is 0 Å². The molecule has 1 amide bonds. The fourth-order valence-corrected chi connectivity index (χ4v) is 2.18. The molecule has 0 aromatic heterocycles. The Balaban J connectivity index is 0. The number of aliphatic hydroxyl groups is 1. The Morgan fingerprint density at radius 3 is 2.14 bits per heavy atom. The quantitative estimate of drug-likeness (QED) is 0.114. The van der Waals surface area contributed by atoms with Gasteiger partial charge in [-0.15, -0.1) is 0 Å². The van der Waals surface area contributed by atoms with E-state index in [2.05, 4.69) is 15.2 Å². The number of carbonyl (C=O) groups is 2. The molecule has 1 fully saturated rings. The number of ether oxygens (including phenoxy) is 4. The number of nitrogens with zero attached hydrogens (tertiary/aromatic N) is 1. The lowest BCUT2D eigenvalue weighted by Gasteiger charge is -2.18. The van der Waals surface area contributed by atoms with Crippen molar-refractivity contribution >= 4 is 17.9 Å². The van der Waals surface area contributed by atoms with Crippen LogP contribution in [0.5, 0.6) is 0 Å². The molecule has 0 saturated carbocycles. The largest absolute Gasteiger partial charge is 0.508 e. The zero-order valence-electron chi connectivity index (χ0n) is 23.2. The summed E-state index contributed by atoms with van der Waals surface area (Å²) in [6, 6.07) is 0. The Morgan fingerprint density at radius 1 is 1.20 bits per heavy atom. The van der Waals surface area contributed by atoms with Gasteiger partial charge in [0.2, 0.25) is 5.91 Å². The predicted molar refractivity (Wildman–Crippen MR) is 135 cm³/mol. The van der Waals surface area contributed by atoms with Crippen LogP contribution in [0.4, 0.5) is 4.79 Å². The summed E-state index contributed by atoms with van der Waals surface area (Å²) in [5, 5.41) is 22.5. The molecule has 0 aromatic rings. The highest BCUT2D eigenvalue weighted by atomic mass is 16.7. The number of hydrogen-bond acceptors (Lipinski definition) is 9. The molecule has 0 aliphatic carbocycles. The number of hydrogen-bond donors (Lipinski definition) is 3. The van der Waals surface area contributed by atoms with Crippen molar-refractivity contribution in [2.45, 2.75) is 99.6 Å². The molecule has 10 nitrogen and oxygen atoms in total. The maximum absolute atomic E-state index is 11.3. The first-order valence-electron chi connectivity index (χ1n) is 12.0. The number of nitrogens with one attached hydrogen (secondary N) is 1. The van der Waals surface area contributed by atoms with Crippen molar-refractivity contribution in [1.82, 2.24) is 5.32 Å². The summed E-state index contributed by atoms with van der Waals surface area (Å²) in [5.74, 6) is -0.983. The average Bonchev–Trinajstić information content (AvgIpc) is 3.20. The minimum absolute atomic E-state index is 0.0304. The van der Waals surface area contributed by atoms with Crippen LogP contribution in [0.2, 0.25) is 0 Å². The van der Waals surface area contributed by atoms with Gasteiger partial charge in [-0.05, 0) is 58.4 Å². The molecule has 1 heterocycles. The number of oxime groups is 1. The fourth-order valence-electron chi connectivity index (χ4n) is 2.18. The highest BCUT2D eigenvalue weighted by Crippen LogP contribution is 2.19. The topological polar surface area (TPSA) is 136 Å². The van der Waals surface area contributed by atoms with Gasteiger partial charge in [0.1, 0.15) is 6.61 Å². The minimum Gasteiger partial charge on any atom is -0.434 e. The van der Waals surface area contributed by atoms with Crippen molar-refractivity contribution in [3.05, 3.63) is 12.2 Å². The zero-order valence-corrected chi connectivity index (χ0v) is 23.2. The van der Waals surface area contributed by atoms with E-state index >= 15 is 0 Å². The number of amidine groups is 1. The van der Waals surface area contributed by atoms with Crippen molar-refractivity contribution in [3.8, 4) is 0 Å². The number of amides is 1. The standard InChI is InChI=1S/C12H22O4.C9H16N2O2.C4H10O2/c1-9-5-6-10(16-9)7-14-11(13)15-8-12(2,3)4;1-4-6-8(11-13)10-9(12)7(3)5-2;1-4(2,5)6-3/h9-10H,5-8H2,1-4H3;4,6-7,13H,5H2,1-3H3,(H,10,11,12);5H,1-3H3/b;6-4-;. The Morgan fingerprint density at radius 2 is 1.77 bits per heavy atom. The Hall–Kier alpha value is -2.17. The number of methoxy groups -OCH3 is 1. The number of allylic oxidation sites excluding steroid dienone is 1. The molecule has 0 spiro atoms. The maximum Gasteiger partial charge on any atom is 0.508 e. The lowest BCUT2D eigenvalue weighted by Crippen LogP contribution is -2.33. The van der Waals surface area contributed by atoms with E-state index in [0.29, 0.717) is 13.2 Å². The van der Waals surface area contributed by atoms with E-state index in [4.69, 9.17) is 24.5 Å². The third-order valence-corrected chi connectivity index (χ3v) is 4.57. The lowest BCUT2D eigenvalue weighted by molar-refractivity contribution is -0.155. The molecule has 35 heavy (non-hydrogen) atoms. The van der Waals surface area contributed by atoms with Gasteiger partial charge < -0.3 is 34.6 Å². The van der Waals surface area contributed by atoms with Crippen molar-refractivity contribution in [3.63, 3.8) is 0 Å². The van der Waals surface area contributed by atoms with Gasteiger partial charge in [0.25, 0.3) is 0 Å². The first-order chi connectivity index (χ1) is 16.1. The predicted octanol–water partition coefficient (Wildman–Crippen LogP) is 4.63. The van der Waals surface area contributed by atoms with Crippen LogP contribution < -0.4 is 5.32 Å². The van der Waals surface area contributed by atoms with Gasteiger partial charge in [-0.2, -0.15) is 0 Å². The van der Waals surface area contributed by atoms with E-state index in [9.17, 15) is 9.59 Å². The Labute approximate surface area is 211 Å². The average molecular weight is 505 g/mol. The van der Waals surface area contributed by atoms with Gasteiger partial charge in [0.15, 0.2) is 11.6 Å². The molecule has 10 heteroatoms. The van der Waals surface area contributed by atoms with Crippen LogP contribution in [-0.2, 0) is 23.7 Å². The van der Waals surface area contributed by atoms with Crippen LogP contribution in [0.15, 0.2) is 17.3 Å². The lowest BCUT2D eigenvalue weighted by atomic mass is 9.99. The monoisotopic (exact) mass is 504 g/mol. The van der Waals surface area contributed by atoms with E-state index in [1.54, 1.807) is 26.8 Å². The van der Waals surface area contributed by atoms with Crippen molar-refractivity contribution in [1.29, 1.82) is 0 Å². The van der Waals surface area contributed by atoms with E-state index in [0.717, 1.165) is 19.3 Å². The van der Waals surface area contributed by atoms with Gasteiger partial charge in [-0.1, -0.05) is 45.9 Å². The first-order valence-corrected chi connectivity index (χ1v) is 12.0. The van der Waals surface area contributed by atoms with Crippen LogP contribution in [0, 0.1) is 11.3 Å². The smallest absolute Gasteiger partial charge is 0.434 e. The van der Waals surface area contributed by atoms with Gasteiger partial charge >= 0.3 is 6.16 Å². The van der Waals surface area contributed by atoms with Crippen LogP contribution in [0.3, 0.4) is 0 Å². The molecule has 0 aromatic carbocycles. The van der Waals surface area contributed by atoms with Crippen molar-refractivity contribution < 1.29 is 38.9 Å². The highest BCUT2D eigenvalue weighted by molar-refractivity contribution is 6.04. The summed E-state index contributed by atoms with van der Waals surface area (Å²) in [6.07, 6.45) is 5.68. The number of rotatable bonds is 7. The molecule has 1 aliphatic rings. The van der Waals surface area contributed by atoms with Gasteiger partial charge in [-0.3, -0.25) is 4.79 Å². The molecule has 1 rings (SSSR count). The van der Waals surface area contributed by atoms with E-state index in [1.807, 2.05) is 41.5 Å². The van der Waals surface area contributed by atoms with Crippen molar-refractivity contribution in [2.75, 3.05) is 20.3 Å². The van der Waals surface area contributed by atoms with Crippen molar-refractivity contribution in [2.24, 2.45) is 16.5 Å². The molecular formula is C25H48N2O8. The van der Waals surface area contributed by atoms with Crippen LogP contribution in [-0.4, -0.2) is 66.5 Å². The van der Waals surface area contributed by atoms with Gasteiger partial charge in [0.05, 0.1) is 18.8 Å². The Bertz CT molecular complexity index is 651. The van der Waals surface area contributed by atoms with Gasteiger partial charge in [-0.25, -0.2) is 4.79 Å². The molecule has 1 saturated heterocycles. The molecule has 206 valence electrons. The van der Waals surface area contributed by atoms with Crippen LogP contribution in [0.1, 0.15) is 81.6 Å². The molecule has 0 radical (unpaired) electrons. The van der Waals surface area contributed by atoms with E-state index in [-0.39, 0.29) is 35.3 Å². The summed E-state index contributed by atoms with van der Waals surface area (Å²) in [5.41, 5.74) is -0.0304. The Kier molecular flexibility index (Phi) is 18.1. The molecular weight excluding hydrogens is 456 g/mol. The third kappa shape index (κ3) is 22.1. The highest BCUT2D eigenvalue weighted by Gasteiger charge is 2.23. The van der Waals surface area contributed by atoms with E-state index in [1.165, 1.54) is 13.2 Å². The van der Waals surface area contributed by atoms with Crippen LogP contribution >= 0.6 is 0 Å². The molecule has 3 N–H and O–H groups in total. The summed E-state index contributed by atoms with van der Waals surface area (Å²) >= 11 is 0. The van der Waals surface area contributed by atoms with Gasteiger partial charge in [0, 0.05) is 13.0 Å². The maximum atomic E-state index is 11.3. The number of carbonyl (C=O) groups excluding carboxylic acids is 2. The third-order valence-electron chi connectivity index (χ3n) is 4.57. The second-order valence-corrected chi connectivity index (χ2v) is 9.99. The second-order valence-electron chi connectivity index (χ2n) is 9.99. The molecule has 3 unspecified atom stereocenters. The molecule has 0 bridgehead atoms. The zero-order chi connectivity index (χ0) is 27.7. The summed E-state index contributed by atoms with van der Waals surface area (Å²) in [6.45, 7) is 17.4. The normalized spacial score (nSPS) is 19.1. The summed E-state index contributed by atoms with van der Waals surface area (Å²) in [4.78, 5) is 22.5. The first kappa shape index (κ1) is 35.0. The summed E-state index contributed by atoms with van der Waals surface area (Å²) < 4.78 is 20.0. The second kappa shape index (κ2) is 18.1. The molecule has 1 aliphatic heterocycles. The minimum atomic E-state index is -0.958.